The summed E-state index contributed by atoms with van der Waals surface area (Å²) in [5, 5.41) is 21.0. The van der Waals surface area contributed by atoms with Crippen LogP contribution in [-0.4, -0.2) is 29.0 Å². The highest BCUT2D eigenvalue weighted by molar-refractivity contribution is 5.37. The standard InChI is InChI=1S/C21H32O3/c1-20(2,23)13-21(3)18(9-10-19(21)22)16-6-5-15-12-17(24-4)8-7-14(15)11-16/h7-8,12,16,18-19,22-23H,5-6,9-11,13H2,1-4H3/t16?,18-,19+,21-/m0/s1. The van der Waals surface area contributed by atoms with Gasteiger partial charge in [-0.05, 0) is 92.9 Å². The maximum absolute atomic E-state index is 10.6. The Morgan fingerprint density at radius 3 is 2.62 bits per heavy atom. The molecule has 2 aliphatic rings. The molecule has 3 rings (SSSR count). The highest BCUT2D eigenvalue weighted by Crippen LogP contribution is 2.53. The second-order valence-corrected chi connectivity index (χ2v) is 8.83. The van der Waals surface area contributed by atoms with Crippen LogP contribution in [0.3, 0.4) is 0 Å². The Kier molecular flexibility index (Phi) is 4.69. The van der Waals surface area contributed by atoms with Gasteiger partial charge >= 0.3 is 0 Å². The number of ether oxygens (including phenoxy) is 1. The van der Waals surface area contributed by atoms with Crippen molar-refractivity contribution in [3.63, 3.8) is 0 Å². The molecular weight excluding hydrogens is 300 g/mol. The van der Waals surface area contributed by atoms with Crippen LogP contribution in [0.5, 0.6) is 5.75 Å². The summed E-state index contributed by atoms with van der Waals surface area (Å²) in [7, 11) is 1.72. The number of rotatable bonds is 4. The van der Waals surface area contributed by atoms with Crippen LogP contribution in [0.1, 0.15) is 57.6 Å². The Labute approximate surface area is 146 Å². The molecule has 1 fully saturated rings. The van der Waals surface area contributed by atoms with E-state index in [0.717, 1.165) is 31.4 Å². The SMILES string of the molecule is COc1ccc2c(c1)CCC([C@@H]1CC[C@@H](O)[C@@]1(C)CC(C)(C)O)C2. The fourth-order valence-electron chi connectivity index (χ4n) is 5.43. The molecule has 2 N–H and O–H groups in total. The lowest BCUT2D eigenvalue weighted by molar-refractivity contribution is -0.0518. The second-order valence-electron chi connectivity index (χ2n) is 8.83. The molecule has 1 aromatic rings. The molecular formula is C21H32O3. The van der Waals surface area contributed by atoms with E-state index in [9.17, 15) is 10.2 Å². The molecule has 4 atom stereocenters. The average Bonchev–Trinajstić information content (AvgIpc) is 2.79. The summed E-state index contributed by atoms with van der Waals surface area (Å²) < 4.78 is 5.35. The lowest BCUT2D eigenvalue weighted by atomic mass is 9.63. The molecule has 0 radical (unpaired) electrons. The van der Waals surface area contributed by atoms with Gasteiger partial charge in [0.2, 0.25) is 0 Å². The van der Waals surface area contributed by atoms with E-state index < -0.39 is 5.60 Å². The van der Waals surface area contributed by atoms with Gasteiger partial charge in [0.05, 0.1) is 18.8 Å². The third kappa shape index (κ3) is 3.34. The largest absolute Gasteiger partial charge is 0.497 e. The Hall–Kier alpha value is -1.06. The highest BCUT2D eigenvalue weighted by Gasteiger charge is 2.51. The van der Waals surface area contributed by atoms with Gasteiger partial charge in [-0.15, -0.1) is 0 Å². The van der Waals surface area contributed by atoms with Crippen LogP contribution >= 0.6 is 0 Å². The second kappa shape index (κ2) is 6.34. The first-order valence-corrected chi connectivity index (χ1v) is 9.29. The molecule has 0 saturated heterocycles. The molecule has 0 aliphatic heterocycles. The van der Waals surface area contributed by atoms with Crippen molar-refractivity contribution in [2.75, 3.05) is 7.11 Å². The van der Waals surface area contributed by atoms with Crippen LogP contribution in [0.4, 0.5) is 0 Å². The van der Waals surface area contributed by atoms with Crippen LogP contribution in [-0.2, 0) is 12.8 Å². The lowest BCUT2D eigenvalue weighted by Gasteiger charge is -2.43. The first-order chi connectivity index (χ1) is 11.2. The van der Waals surface area contributed by atoms with Gasteiger partial charge < -0.3 is 14.9 Å². The molecule has 0 aromatic heterocycles. The van der Waals surface area contributed by atoms with Crippen molar-refractivity contribution in [1.29, 1.82) is 0 Å². The number of fused-ring (bicyclic) bond motifs is 1. The Morgan fingerprint density at radius 1 is 1.21 bits per heavy atom. The highest BCUT2D eigenvalue weighted by atomic mass is 16.5. The molecule has 24 heavy (non-hydrogen) atoms. The monoisotopic (exact) mass is 332 g/mol. The van der Waals surface area contributed by atoms with Gasteiger partial charge in [0.25, 0.3) is 0 Å². The number of aliphatic hydroxyl groups is 2. The Balaban J connectivity index is 1.81. The van der Waals surface area contributed by atoms with Crippen molar-refractivity contribution >= 4 is 0 Å². The minimum absolute atomic E-state index is 0.188. The van der Waals surface area contributed by atoms with Crippen molar-refractivity contribution < 1.29 is 14.9 Å². The van der Waals surface area contributed by atoms with Gasteiger partial charge in [-0.25, -0.2) is 0 Å². The van der Waals surface area contributed by atoms with Crippen molar-refractivity contribution in [3.05, 3.63) is 29.3 Å². The molecule has 0 heterocycles. The van der Waals surface area contributed by atoms with Crippen molar-refractivity contribution in [2.45, 2.75) is 71.0 Å². The maximum atomic E-state index is 10.6. The minimum Gasteiger partial charge on any atom is -0.497 e. The van der Waals surface area contributed by atoms with Crippen molar-refractivity contribution in [2.24, 2.45) is 17.3 Å². The van der Waals surface area contributed by atoms with E-state index in [-0.39, 0.29) is 11.5 Å². The van der Waals surface area contributed by atoms with Gasteiger partial charge in [0.1, 0.15) is 5.75 Å². The predicted octanol–water partition coefficient (Wildman–Crippen LogP) is 3.74. The fraction of sp³-hybridized carbons (Fsp3) is 0.714. The summed E-state index contributed by atoms with van der Waals surface area (Å²) >= 11 is 0. The van der Waals surface area contributed by atoms with Crippen LogP contribution in [0.25, 0.3) is 0 Å². The van der Waals surface area contributed by atoms with Gasteiger partial charge in [0, 0.05) is 0 Å². The smallest absolute Gasteiger partial charge is 0.119 e. The fourth-order valence-corrected chi connectivity index (χ4v) is 5.43. The molecule has 0 bridgehead atoms. The zero-order valence-corrected chi connectivity index (χ0v) is 15.5. The minimum atomic E-state index is -0.738. The molecule has 0 spiro atoms. The quantitative estimate of drug-likeness (QED) is 0.883. The molecule has 134 valence electrons. The summed E-state index contributed by atoms with van der Waals surface area (Å²) in [4.78, 5) is 0. The van der Waals surface area contributed by atoms with Gasteiger partial charge in [0.15, 0.2) is 0 Å². The van der Waals surface area contributed by atoms with Gasteiger partial charge in [-0.2, -0.15) is 0 Å². The Bertz CT molecular complexity index is 589. The number of hydrogen-bond acceptors (Lipinski definition) is 3. The average molecular weight is 332 g/mol. The summed E-state index contributed by atoms with van der Waals surface area (Å²) in [6.45, 7) is 5.92. The van der Waals surface area contributed by atoms with Gasteiger partial charge in [-0.1, -0.05) is 13.0 Å². The van der Waals surface area contributed by atoms with E-state index >= 15 is 0 Å². The first kappa shape index (κ1) is 17.8. The van der Waals surface area contributed by atoms with Crippen LogP contribution in [0.2, 0.25) is 0 Å². The number of benzene rings is 1. The van der Waals surface area contributed by atoms with Crippen LogP contribution in [0.15, 0.2) is 18.2 Å². The van der Waals surface area contributed by atoms with E-state index in [4.69, 9.17) is 4.74 Å². The van der Waals surface area contributed by atoms with Crippen molar-refractivity contribution in [1.82, 2.24) is 0 Å². The number of aryl methyl sites for hydroxylation is 1. The topological polar surface area (TPSA) is 49.7 Å². The van der Waals surface area contributed by atoms with Crippen molar-refractivity contribution in [3.8, 4) is 5.75 Å². The third-order valence-corrected chi connectivity index (χ3v) is 6.42. The number of methoxy groups -OCH3 is 1. The molecule has 3 nitrogen and oxygen atoms in total. The molecule has 1 saturated carbocycles. The molecule has 3 heteroatoms. The van der Waals surface area contributed by atoms with E-state index in [1.807, 2.05) is 13.8 Å². The summed E-state index contributed by atoms with van der Waals surface area (Å²) in [5.74, 6) is 2.01. The molecule has 1 unspecified atom stereocenters. The summed E-state index contributed by atoms with van der Waals surface area (Å²) in [6, 6.07) is 6.44. The maximum Gasteiger partial charge on any atom is 0.119 e. The Morgan fingerprint density at radius 2 is 1.96 bits per heavy atom. The summed E-state index contributed by atoms with van der Waals surface area (Å²) in [6.07, 6.45) is 5.64. The van der Waals surface area contributed by atoms with E-state index in [1.54, 1.807) is 7.11 Å². The zero-order chi connectivity index (χ0) is 17.5. The zero-order valence-electron chi connectivity index (χ0n) is 15.5. The van der Waals surface area contributed by atoms with E-state index in [0.29, 0.717) is 18.3 Å². The van der Waals surface area contributed by atoms with Gasteiger partial charge in [-0.3, -0.25) is 0 Å². The normalized spacial score (nSPS) is 33.3. The summed E-state index contributed by atoms with van der Waals surface area (Å²) in [5.41, 5.74) is 1.91. The number of aliphatic hydroxyl groups excluding tert-OH is 1. The lowest BCUT2D eigenvalue weighted by Crippen LogP contribution is -2.43. The predicted molar refractivity (Wildman–Crippen MR) is 96.3 cm³/mol. The molecule has 2 aliphatic carbocycles. The van der Waals surface area contributed by atoms with E-state index in [1.165, 1.54) is 17.5 Å². The van der Waals surface area contributed by atoms with Crippen LogP contribution in [0, 0.1) is 17.3 Å². The molecule has 0 amide bonds. The third-order valence-electron chi connectivity index (χ3n) is 6.42. The van der Waals surface area contributed by atoms with E-state index in [2.05, 4.69) is 25.1 Å². The van der Waals surface area contributed by atoms with Crippen LogP contribution < -0.4 is 4.74 Å². The number of hydrogen-bond donors (Lipinski definition) is 2. The molecule has 1 aromatic carbocycles. The first-order valence-electron chi connectivity index (χ1n) is 9.29.